The fourth-order valence-electron chi connectivity index (χ4n) is 4.40. The van der Waals surface area contributed by atoms with Gasteiger partial charge in [0.05, 0.1) is 0 Å². The molecule has 3 heteroatoms. The molecular formula is C19H39N3. The van der Waals surface area contributed by atoms with Crippen LogP contribution in [0.4, 0.5) is 0 Å². The smallest absolute Gasteiger partial charge is 0.0261 e. The van der Waals surface area contributed by atoms with Gasteiger partial charge in [-0.1, -0.05) is 40.0 Å². The Morgan fingerprint density at radius 2 is 1.82 bits per heavy atom. The van der Waals surface area contributed by atoms with Crippen molar-refractivity contribution >= 4 is 0 Å². The van der Waals surface area contributed by atoms with E-state index in [1.807, 2.05) is 0 Å². The first-order valence-electron chi connectivity index (χ1n) is 10.1. The third-order valence-corrected chi connectivity index (χ3v) is 5.79. The van der Waals surface area contributed by atoms with Crippen molar-refractivity contribution in [3.8, 4) is 0 Å². The minimum absolute atomic E-state index is 0.829. The minimum atomic E-state index is 0.829. The van der Waals surface area contributed by atoms with Crippen molar-refractivity contribution in [1.29, 1.82) is 0 Å². The average molecular weight is 310 g/mol. The molecule has 0 spiro atoms. The molecule has 0 saturated carbocycles. The lowest BCUT2D eigenvalue weighted by Gasteiger charge is -2.37. The van der Waals surface area contributed by atoms with Gasteiger partial charge >= 0.3 is 0 Å². The number of rotatable bonds is 10. The zero-order valence-corrected chi connectivity index (χ0v) is 15.4. The van der Waals surface area contributed by atoms with Crippen LogP contribution >= 0.6 is 0 Å². The summed E-state index contributed by atoms with van der Waals surface area (Å²) in [6.07, 6.45) is 12.6. The molecule has 22 heavy (non-hydrogen) atoms. The third-order valence-electron chi connectivity index (χ3n) is 5.79. The van der Waals surface area contributed by atoms with Crippen LogP contribution in [0.15, 0.2) is 0 Å². The van der Waals surface area contributed by atoms with Gasteiger partial charge in [-0.2, -0.15) is 0 Å². The molecule has 0 aliphatic carbocycles. The molecule has 3 nitrogen and oxygen atoms in total. The summed E-state index contributed by atoms with van der Waals surface area (Å²) < 4.78 is 0. The van der Waals surface area contributed by atoms with E-state index in [1.165, 1.54) is 90.5 Å². The molecule has 0 N–H and O–H groups in total. The van der Waals surface area contributed by atoms with Crippen LogP contribution in [-0.2, 0) is 0 Å². The molecule has 0 radical (unpaired) electrons. The molecule has 2 heterocycles. The molecule has 2 aliphatic rings. The van der Waals surface area contributed by atoms with E-state index in [1.54, 1.807) is 0 Å². The number of hydrogen-bond donors (Lipinski definition) is 0. The number of piperidine rings is 1. The number of nitrogens with zero attached hydrogens (tertiary/aromatic N) is 3. The van der Waals surface area contributed by atoms with Gasteiger partial charge in [0.1, 0.15) is 0 Å². The number of hydrazine groups is 1. The van der Waals surface area contributed by atoms with Gasteiger partial charge in [-0.25, -0.2) is 10.0 Å². The van der Waals surface area contributed by atoms with Gasteiger partial charge in [0.15, 0.2) is 0 Å². The zero-order valence-electron chi connectivity index (χ0n) is 15.4. The lowest BCUT2D eigenvalue weighted by Crippen LogP contribution is -2.46. The summed E-state index contributed by atoms with van der Waals surface area (Å²) in [7, 11) is 0. The molecule has 2 saturated heterocycles. The van der Waals surface area contributed by atoms with E-state index in [9.17, 15) is 0 Å². The van der Waals surface area contributed by atoms with Gasteiger partial charge in [0, 0.05) is 25.2 Å². The van der Waals surface area contributed by atoms with E-state index < -0.39 is 0 Å². The van der Waals surface area contributed by atoms with Gasteiger partial charge in [-0.15, -0.1) is 0 Å². The maximum atomic E-state index is 2.79. The highest BCUT2D eigenvalue weighted by atomic mass is 15.7. The van der Waals surface area contributed by atoms with E-state index >= 15 is 0 Å². The van der Waals surface area contributed by atoms with Crippen molar-refractivity contribution in [1.82, 2.24) is 14.9 Å². The van der Waals surface area contributed by atoms with E-state index in [4.69, 9.17) is 0 Å². The zero-order chi connectivity index (χ0) is 15.8. The standard InChI is InChI=1S/C19H39N3/c1-4-7-9-15-21-19(13-11-14-20(5-2)6-3)17-18-12-8-10-16-22(18)21/h18-19H,4-17H2,1-3H3. The van der Waals surface area contributed by atoms with Crippen LogP contribution in [0, 0.1) is 0 Å². The van der Waals surface area contributed by atoms with Crippen LogP contribution in [0.25, 0.3) is 0 Å². The number of unbranched alkanes of at least 4 members (excludes halogenated alkanes) is 2. The van der Waals surface area contributed by atoms with Crippen LogP contribution in [0.1, 0.15) is 78.6 Å². The SMILES string of the molecule is CCCCCN1C(CCCN(CC)CC)CC2CCCCN21. The largest absolute Gasteiger partial charge is 0.304 e. The number of fused-ring (bicyclic) bond motifs is 1. The summed E-state index contributed by atoms with van der Waals surface area (Å²) >= 11 is 0. The predicted octanol–water partition coefficient (Wildman–Crippen LogP) is 4.14. The molecule has 2 unspecified atom stereocenters. The lowest BCUT2D eigenvalue weighted by molar-refractivity contribution is -0.0447. The maximum Gasteiger partial charge on any atom is 0.0261 e. The van der Waals surface area contributed by atoms with Crippen molar-refractivity contribution in [2.75, 3.05) is 32.7 Å². The monoisotopic (exact) mass is 309 g/mol. The van der Waals surface area contributed by atoms with Gasteiger partial charge in [-0.05, 0) is 58.2 Å². The fourth-order valence-corrected chi connectivity index (χ4v) is 4.40. The molecule has 2 aliphatic heterocycles. The average Bonchev–Trinajstić information content (AvgIpc) is 2.90. The summed E-state index contributed by atoms with van der Waals surface area (Å²) in [6.45, 7) is 13.2. The van der Waals surface area contributed by atoms with Gasteiger partial charge in [0.25, 0.3) is 0 Å². The molecule has 2 atom stereocenters. The van der Waals surface area contributed by atoms with Gasteiger partial charge in [0.2, 0.25) is 0 Å². The van der Waals surface area contributed by atoms with Crippen molar-refractivity contribution in [3.63, 3.8) is 0 Å². The second-order valence-corrected chi connectivity index (χ2v) is 7.24. The summed E-state index contributed by atoms with van der Waals surface area (Å²) in [6, 6.07) is 1.70. The number of hydrogen-bond acceptors (Lipinski definition) is 3. The lowest BCUT2D eigenvalue weighted by atomic mass is 9.98. The Morgan fingerprint density at radius 3 is 2.55 bits per heavy atom. The normalized spacial score (nSPS) is 26.7. The highest BCUT2D eigenvalue weighted by molar-refractivity contribution is 4.89. The summed E-state index contributed by atoms with van der Waals surface area (Å²) in [4.78, 5) is 2.57. The predicted molar refractivity (Wildman–Crippen MR) is 96.0 cm³/mol. The fraction of sp³-hybridized carbons (Fsp3) is 1.00. The Hall–Kier alpha value is -0.120. The van der Waals surface area contributed by atoms with E-state index in [-0.39, 0.29) is 0 Å². The first-order valence-corrected chi connectivity index (χ1v) is 10.1. The van der Waals surface area contributed by atoms with Crippen molar-refractivity contribution in [3.05, 3.63) is 0 Å². The summed E-state index contributed by atoms with van der Waals surface area (Å²) in [5.74, 6) is 0. The topological polar surface area (TPSA) is 9.72 Å². The maximum absolute atomic E-state index is 2.79. The van der Waals surface area contributed by atoms with Crippen molar-refractivity contribution in [2.24, 2.45) is 0 Å². The molecule has 2 rings (SSSR count). The second kappa shape index (κ2) is 9.89. The van der Waals surface area contributed by atoms with Crippen LogP contribution in [0.3, 0.4) is 0 Å². The molecule has 0 aromatic heterocycles. The molecular weight excluding hydrogens is 270 g/mol. The van der Waals surface area contributed by atoms with Crippen LogP contribution in [-0.4, -0.2) is 59.7 Å². The first kappa shape index (κ1) is 18.2. The second-order valence-electron chi connectivity index (χ2n) is 7.24. The van der Waals surface area contributed by atoms with Crippen LogP contribution in [0.2, 0.25) is 0 Å². The highest BCUT2D eigenvalue weighted by Gasteiger charge is 2.39. The van der Waals surface area contributed by atoms with Crippen molar-refractivity contribution in [2.45, 2.75) is 90.6 Å². The Bertz CT molecular complexity index is 290. The third kappa shape index (κ3) is 4.94. The van der Waals surface area contributed by atoms with Crippen LogP contribution < -0.4 is 0 Å². The Labute approximate surface area is 139 Å². The van der Waals surface area contributed by atoms with Crippen molar-refractivity contribution < 1.29 is 0 Å². The van der Waals surface area contributed by atoms with Gasteiger partial charge < -0.3 is 4.90 Å². The van der Waals surface area contributed by atoms with Crippen LogP contribution in [0.5, 0.6) is 0 Å². The molecule has 0 aromatic rings. The van der Waals surface area contributed by atoms with E-state index in [0.29, 0.717) is 0 Å². The first-order chi connectivity index (χ1) is 10.8. The Morgan fingerprint density at radius 1 is 1.00 bits per heavy atom. The molecule has 0 amide bonds. The molecule has 0 bridgehead atoms. The summed E-state index contributed by atoms with van der Waals surface area (Å²) in [5, 5.41) is 5.56. The Balaban J connectivity index is 1.83. The molecule has 0 aromatic carbocycles. The molecule has 2 fully saturated rings. The quantitative estimate of drug-likeness (QED) is 0.562. The van der Waals surface area contributed by atoms with Gasteiger partial charge in [-0.3, -0.25) is 0 Å². The Kier molecular flexibility index (Phi) is 8.19. The minimum Gasteiger partial charge on any atom is -0.304 e. The summed E-state index contributed by atoms with van der Waals surface area (Å²) in [5.41, 5.74) is 0. The van der Waals surface area contributed by atoms with E-state index in [2.05, 4.69) is 35.7 Å². The van der Waals surface area contributed by atoms with E-state index in [0.717, 1.165) is 12.1 Å². The molecule has 130 valence electrons. The highest BCUT2D eigenvalue weighted by Crippen LogP contribution is 2.34.